The zero-order valence-corrected chi connectivity index (χ0v) is 19.1. The number of pyridine rings is 1. The number of rotatable bonds is 3. The highest BCUT2D eigenvalue weighted by Crippen LogP contribution is 2.41. The maximum absolute atomic E-state index is 6.16. The molecule has 0 atom stereocenters. The fourth-order valence-corrected chi connectivity index (χ4v) is 4.85. The summed E-state index contributed by atoms with van der Waals surface area (Å²) in [5.74, 6) is 0. The van der Waals surface area contributed by atoms with E-state index < -0.39 is 0 Å². The van der Waals surface area contributed by atoms with Crippen molar-refractivity contribution in [2.45, 2.75) is 39.2 Å². The van der Waals surface area contributed by atoms with Gasteiger partial charge in [-0.25, -0.2) is 0 Å². The number of benzene rings is 3. The first-order chi connectivity index (χ1) is 14.9. The molecular weight excluding hydrogens is 398 g/mol. The molecule has 1 nitrogen and oxygen atoms in total. The van der Waals surface area contributed by atoms with Gasteiger partial charge in [0.1, 0.15) is 0 Å². The van der Waals surface area contributed by atoms with E-state index in [-0.39, 0.29) is 5.41 Å². The maximum Gasteiger partial charge on any atom is 0.217 e. The summed E-state index contributed by atoms with van der Waals surface area (Å²) in [5, 5.41) is 0.778. The lowest BCUT2D eigenvalue weighted by molar-refractivity contribution is -0.688. The summed E-state index contributed by atoms with van der Waals surface area (Å²) in [7, 11) is 0. The second kappa shape index (κ2) is 7.66. The van der Waals surface area contributed by atoms with Crippen LogP contribution in [-0.4, -0.2) is 0 Å². The number of hydrogen-bond acceptors (Lipinski definition) is 0. The molecular formula is C29H27ClN+. The van der Waals surface area contributed by atoms with E-state index in [0.29, 0.717) is 0 Å². The average Bonchev–Trinajstić information content (AvgIpc) is 3.15. The summed E-state index contributed by atoms with van der Waals surface area (Å²) >= 11 is 6.16. The Balaban J connectivity index is 1.81. The van der Waals surface area contributed by atoms with Crippen LogP contribution in [0.1, 0.15) is 43.2 Å². The quantitative estimate of drug-likeness (QED) is 0.269. The second-order valence-electron chi connectivity index (χ2n) is 9.43. The molecule has 0 unspecified atom stereocenters. The number of halogens is 1. The van der Waals surface area contributed by atoms with Gasteiger partial charge in [0.15, 0.2) is 12.2 Å². The van der Waals surface area contributed by atoms with Crippen molar-refractivity contribution < 1.29 is 4.57 Å². The second-order valence-corrected chi connectivity index (χ2v) is 9.87. The Morgan fingerprint density at radius 3 is 2.19 bits per heavy atom. The smallest absolute Gasteiger partial charge is 0.190 e. The molecule has 0 N–H and O–H groups in total. The molecule has 1 aliphatic rings. The molecule has 2 heteroatoms. The van der Waals surface area contributed by atoms with E-state index in [0.717, 1.165) is 18.0 Å². The Morgan fingerprint density at radius 2 is 1.48 bits per heavy atom. The Bertz CT molecular complexity index is 1250. The molecule has 3 aromatic carbocycles. The van der Waals surface area contributed by atoms with Gasteiger partial charge in [0.05, 0.1) is 5.56 Å². The van der Waals surface area contributed by atoms with Gasteiger partial charge < -0.3 is 0 Å². The first-order valence-corrected chi connectivity index (χ1v) is 11.3. The van der Waals surface area contributed by atoms with Crippen molar-refractivity contribution in [3.63, 3.8) is 0 Å². The van der Waals surface area contributed by atoms with E-state index in [4.69, 9.17) is 11.6 Å². The highest BCUT2D eigenvalue weighted by molar-refractivity contribution is 6.30. The van der Waals surface area contributed by atoms with E-state index in [1.165, 1.54) is 44.8 Å². The van der Waals surface area contributed by atoms with E-state index in [9.17, 15) is 0 Å². The lowest BCUT2D eigenvalue weighted by Gasteiger charge is -2.21. The van der Waals surface area contributed by atoms with Crippen LogP contribution in [0.5, 0.6) is 0 Å². The highest BCUT2D eigenvalue weighted by Gasteiger charge is 2.37. The third kappa shape index (κ3) is 3.68. The van der Waals surface area contributed by atoms with Crippen LogP contribution in [0.2, 0.25) is 5.02 Å². The van der Waals surface area contributed by atoms with Crippen molar-refractivity contribution in [1.29, 1.82) is 0 Å². The minimum absolute atomic E-state index is 0.00250. The summed E-state index contributed by atoms with van der Waals surface area (Å²) < 4.78 is 2.54. The fourth-order valence-electron chi connectivity index (χ4n) is 4.73. The van der Waals surface area contributed by atoms with Crippen molar-refractivity contribution in [2.75, 3.05) is 0 Å². The third-order valence-corrected chi connectivity index (χ3v) is 6.45. The molecule has 0 bridgehead atoms. The largest absolute Gasteiger partial charge is 0.217 e. The molecule has 0 aliphatic heterocycles. The molecule has 0 radical (unpaired) electrons. The predicted molar refractivity (Wildman–Crippen MR) is 130 cm³/mol. The Labute approximate surface area is 190 Å². The maximum atomic E-state index is 6.16. The van der Waals surface area contributed by atoms with Crippen LogP contribution in [0, 0.1) is 0 Å². The van der Waals surface area contributed by atoms with Gasteiger partial charge in [0.25, 0.3) is 0 Å². The van der Waals surface area contributed by atoms with E-state index >= 15 is 0 Å². The molecule has 0 fully saturated rings. The molecule has 0 saturated heterocycles. The average molecular weight is 425 g/mol. The summed E-state index contributed by atoms with van der Waals surface area (Å²) in [6.45, 7) is 7.75. The summed E-state index contributed by atoms with van der Waals surface area (Å²) in [4.78, 5) is 0. The van der Waals surface area contributed by atoms with Gasteiger partial charge in [-0.2, -0.15) is 4.57 Å². The van der Waals surface area contributed by atoms with Crippen LogP contribution >= 0.6 is 11.6 Å². The predicted octanol–water partition coefficient (Wildman–Crippen LogP) is 7.21. The molecule has 5 rings (SSSR count). The molecule has 0 saturated carbocycles. The highest BCUT2D eigenvalue weighted by atomic mass is 35.5. The molecule has 154 valence electrons. The van der Waals surface area contributed by atoms with E-state index in [1.54, 1.807) is 0 Å². The summed E-state index contributed by atoms with van der Waals surface area (Å²) in [5.41, 5.74) is 10.8. The lowest BCUT2D eigenvalue weighted by Crippen LogP contribution is -2.46. The van der Waals surface area contributed by atoms with E-state index in [2.05, 4.69) is 98.1 Å². The van der Waals surface area contributed by atoms with Gasteiger partial charge in [-0.15, -0.1) is 0 Å². The molecule has 1 heterocycles. The Morgan fingerprint density at radius 1 is 0.806 bits per heavy atom. The van der Waals surface area contributed by atoms with Gasteiger partial charge in [-0.3, -0.25) is 0 Å². The first kappa shape index (κ1) is 20.0. The molecule has 0 amide bonds. The van der Waals surface area contributed by atoms with Crippen molar-refractivity contribution in [2.24, 2.45) is 0 Å². The van der Waals surface area contributed by atoms with Crippen molar-refractivity contribution in [3.8, 4) is 22.4 Å². The number of aromatic nitrogens is 1. The fraction of sp³-hybridized carbons (Fsp3) is 0.207. The first-order valence-electron chi connectivity index (χ1n) is 10.9. The number of fused-ring (bicyclic) bond motifs is 3. The van der Waals surface area contributed by atoms with Gasteiger partial charge in [0.2, 0.25) is 5.69 Å². The molecule has 31 heavy (non-hydrogen) atoms. The minimum Gasteiger partial charge on any atom is -0.190 e. The zero-order valence-electron chi connectivity index (χ0n) is 18.3. The van der Waals surface area contributed by atoms with Crippen LogP contribution in [0.15, 0.2) is 84.9 Å². The van der Waals surface area contributed by atoms with Gasteiger partial charge in [-0.05, 0) is 34.9 Å². The monoisotopic (exact) mass is 424 g/mol. The van der Waals surface area contributed by atoms with Crippen molar-refractivity contribution >= 4 is 11.6 Å². The SMILES string of the molecule is CC(C)(C)c1cc(-c2ccccc2)c2c([n+]1Cc1ccc(Cl)cc1)-c1ccccc1C2. The summed E-state index contributed by atoms with van der Waals surface area (Å²) in [6.07, 6.45) is 0.973. The van der Waals surface area contributed by atoms with Crippen LogP contribution in [0.25, 0.3) is 22.4 Å². The molecule has 1 aromatic heterocycles. The molecule has 4 aromatic rings. The lowest BCUT2D eigenvalue weighted by atomic mass is 9.86. The van der Waals surface area contributed by atoms with Crippen molar-refractivity contribution in [1.82, 2.24) is 0 Å². The van der Waals surface area contributed by atoms with Crippen LogP contribution in [0.3, 0.4) is 0 Å². The molecule has 1 aliphatic carbocycles. The normalized spacial score (nSPS) is 12.5. The third-order valence-electron chi connectivity index (χ3n) is 6.20. The summed E-state index contributed by atoms with van der Waals surface area (Å²) in [6, 6.07) is 30.4. The number of nitrogens with zero attached hydrogens (tertiary/aromatic N) is 1. The standard InChI is InChI=1S/C29H27ClN/c1-29(2,3)27-18-25(21-9-5-4-6-10-21)26-17-22-11-7-8-12-24(22)28(26)31(27)19-20-13-15-23(30)16-14-20/h4-16,18H,17,19H2,1-3H3/q+1. The topological polar surface area (TPSA) is 3.88 Å². The number of hydrogen-bond donors (Lipinski definition) is 0. The van der Waals surface area contributed by atoms with Gasteiger partial charge >= 0.3 is 0 Å². The zero-order chi connectivity index (χ0) is 21.6. The molecule has 0 spiro atoms. The minimum atomic E-state index is 0.00250. The Hall–Kier alpha value is -2.90. The van der Waals surface area contributed by atoms with Crippen LogP contribution in [-0.2, 0) is 18.4 Å². The van der Waals surface area contributed by atoms with E-state index in [1.807, 2.05) is 12.1 Å². The van der Waals surface area contributed by atoms with Crippen molar-refractivity contribution in [3.05, 3.63) is 112 Å². The Kier molecular flexibility index (Phi) is 4.95. The van der Waals surface area contributed by atoms with Crippen LogP contribution < -0.4 is 4.57 Å². The van der Waals surface area contributed by atoms with Gasteiger partial charge in [0, 0.05) is 34.1 Å². The van der Waals surface area contributed by atoms with Gasteiger partial charge in [-0.1, -0.05) is 93.0 Å². The van der Waals surface area contributed by atoms with Crippen LogP contribution in [0.4, 0.5) is 0 Å².